The molecule has 3 aromatic rings. The maximum absolute atomic E-state index is 6.46. The molecule has 0 aliphatic heterocycles. The molecule has 2 heterocycles. The van der Waals surface area contributed by atoms with Crippen molar-refractivity contribution in [1.29, 1.82) is 0 Å². The quantitative estimate of drug-likeness (QED) is 0.716. The van der Waals surface area contributed by atoms with Gasteiger partial charge in [0.15, 0.2) is 5.16 Å². The fourth-order valence-electron chi connectivity index (χ4n) is 2.18. The largest absolute Gasteiger partial charge is 0.324 e. The van der Waals surface area contributed by atoms with Gasteiger partial charge in [-0.2, -0.15) is 0 Å². The van der Waals surface area contributed by atoms with Crippen LogP contribution in [0.25, 0.3) is 10.1 Å². The molecule has 0 saturated carbocycles. The van der Waals surface area contributed by atoms with Gasteiger partial charge in [-0.1, -0.05) is 41.6 Å². The molecule has 0 unspecified atom stereocenters. The molecule has 0 amide bonds. The second-order valence-corrected chi connectivity index (χ2v) is 6.93. The predicted octanol–water partition coefficient (Wildman–Crippen LogP) is 3.92. The van der Waals surface area contributed by atoms with Crippen LogP contribution in [-0.4, -0.2) is 14.8 Å². The summed E-state index contributed by atoms with van der Waals surface area (Å²) in [5.74, 6) is 1.61. The molecule has 4 nitrogen and oxygen atoms in total. The molecule has 0 spiro atoms. The van der Waals surface area contributed by atoms with Gasteiger partial charge in [0.05, 0.1) is 11.6 Å². The molecule has 21 heavy (non-hydrogen) atoms. The normalized spacial score (nSPS) is 11.4. The van der Waals surface area contributed by atoms with Gasteiger partial charge in [-0.05, 0) is 13.0 Å². The topological polar surface area (TPSA) is 56.7 Å². The Morgan fingerprint density at radius 1 is 1.33 bits per heavy atom. The minimum Gasteiger partial charge on any atom is -0.324 e. The number of thioether (sulfide) groups is 1. The van der Waals surface area contributed by atoms with Gasteiger partial charge < -0.3 is 10.3 Å². The van der Waals surface area contributed by atoms with E-state index in [1.165, 1.54) is 9.58 Å². The van der Waals surface area contributed by atoms with Gasteiger partial charge in [0.25, 0.3) is 0 Å². The summed E-state index contributed by atoms with van der Waals surface area (Å²) in [6, 6.07) is 8.21. The molecular formula is C14H15ClN4S2. The second-order valence-electron chi connectivity index (χ2n) is 4.47. The van der Waals surface area contributed by atoms with E-state index in [4.69, 9.17) is 17.3 Å². The third-order valence-corrected chi connectivity index (χ3v) is 6.12. The first kappa shape index (κ1) is 14.8. The van der Waals surface area contributed by atoms with Crippen LogP contribution in [0.4, 0.5) is 0 Å². The third kappa shape index (κ3) is 2.81. The van der Waals surface area contributed by atoms with Crippen LogP contribution in [0.15, 0.2) is 29.4 Å². The van der Waals surface area contributed by atoms with Crippen molar-refractivity contribution in [3.8, 4) is 0 Å². The van der Waals surface area contributed by atoms with E-state index in [1.807, 2.05) is 16.7 Å². The zero-order valence-electron chi connectivity index (χ0n) is 11.5. The van der Waals surface area contributed by atoms with Crippen molar-refractivity contribution < 1.29 is 0 Å². The Morgan fingerprint density at radius 2 is 2.14 bits per heavy atom. The van der Waals surface area contributed by atoms with Gasteiger partial charge in [-0.15, -0.1) is 21.5 Å². The van der Waals surface area contributed by atoms with E-state index in [-0.39, 0.29) is 0 Å². The third-order valence-electron chi connectivity index (χ3n) is 3.23. The van der Waals surface area contributed by atoms with E-state index in [2.05, 4.69) is 29.3 Å². The molecule has 0 aliphatic carbocycles. The Bertz CT molecular complexity index is 766. The van der Waals surface area contributed by atoms with Crippen molar-refractivity contribution in [2.24, 2.45) is 5.73 Å². The molecule has 0 bridgehead atoms. The van der Waals surface area contributed by atoms with E-state index < -0.39 is 0 Å². The lowest BCUT2D eigenvalue weighted by Crippen LogP contribution is -2.07. The Hall–Kier alpha value is -1.08. The molecular weight excluding hydrogens is 324 g/mol. The zero-order valence-corrected chi connectivity index (χ0v) is 13.9. The van der Waals surface area contributed by atoms with Crippen molar-refractivity contribution in [3.05, 3.63) is 40.0 Å². The van der Waals surface area contributed by atoms with E-state index in [0.717, 1.165) is 33.7 Å². The average molecular weight is 339 g/mol. The summed E-state index contributed by atoms with van der Waals surface area (Å²) in [6.45, 7) is 3.30. The number of rotatable bonds is 5. The highest BCUT2D eigenvalue weighted by Crippen LogP contribution is 2.38. The summed E-state index contributed by atoms with van der Waals surface area (Å²) >= 11 is 9.85. The van der Waals surface area contributed by atoms with Crippen molar-refractivity contribution in [3.63, 3.8) is 0 Å². The number of nitrogens with zero attached hydrogens (tertiary/aromatic N) is 3. The number of thiophene rings is 1. The molecule has 0 saturated heterocycles. The Labute approximate surface area is 136 Å². The predicted molar refractivity (Wildman–Crippen MR) is 90.0 cm³/mol. The molecule has 0 fully saturated rings. The summed E-state index contributed by atoms with van der Waals surface area (Å²) < 4.78 is 3.27. The van der Waals surface area contributed by atoms with E-state index in [1.54, 1.807) is 23.1 Å². The second kappa shape index (κ2) is 6.36. The number of halogens is 1. The summed E-state index contributed by atoms with van der Waals surface area (Å²) in [5.41, 5.74) is 5.67. The molecule has 0 atom stereocenters. The molecule has 2 N–H and O–H groups in total. The SMILES string of the molecule is CCn1c(CN)nnc1SCc1sc2ccccc2c1Cl. The number of nitrogens with two attached hydrogens (primary N) is 1. The highest BCUT2D eigenvalue weighted by molar-refractivity contribution is 7.98. The Kier molecular flexibility index (Phi) is 4.49. The van der Waals surface area contributed by atoms with Crippen LogP contribution in [0.3, 0.4) is 0 Å². The number of hydrogen-bond acceptors (Lipinski definition) is 5. The summed E-state index contributed by atoms with van der Waals surface area (Å²) in [6.07, 6.45) is 0. The average Bonchev–Trinajstić information content (AvgIpc) is 3.06. The van der Waals surface area contributed by atoms with Gasteiger partial charge in [-0.3, -0.25) is 0 Å². The fraction of sp³-hybridized carbons (Fsp3) is 0.286. The first-order valence-electron chi connectivity index (χ1n) is 6.65. The lowest BCUT2D eigenvalue weighted by atomic mass is 10.2. The molecule has 2 aromatic heterocycles. The van der Waals surface area contributed by atoms with Crippen molar-refractivity contribution in [2.45, 2.75) is 30.9 Å². The van der Waals surface area contributed by atoms with E-state index >= 15 is 0 Å². The minimum absolute atomic E-state index is 0.408. The molecule has 3 rings (SSSR count). The number of aromatic nitrogens is 3. The summed E-state index contributed by atoms with van der Waals surface area (Å²) in [5, 5.41) is 11.2. The summed E-state index contributed by atoms with van der Waals surface area (Å²) in [7, 11) is 0. The minimum atomic E-state index is 0.408. The van der Waals surface area contributed by atoms with Gasteiger partial charge in [0, 0.05) is 27.3 Å². The van der Waals surface area contributed by atoms with E-state index in [0.29, 0.717) is 6.54 Å². The van der Waals surface area contributed by atoms with Crippen LogP contribution < -0.4 is 5.73 Å². The maximum atomic E-state index is 6.46. The Balaban J connectivity index is 1.83. The first-order chi connectivity index (χ1) is 10.2. The highest BCUT2D eigenvalue weighted by atomic mass is 35.5. The van der Waals surface area contributed by atoms with Crippen LogP contribution in [-0.2, 0) is 18.8 Å². The standard InChI is InChI=1S/C14H15ClN4S2/c1-2-19-12(7-16)17-18-14(19)20-8-11-13(15)9-5-3-4-6-10(9)21-11/h3-6H,2,7-8,16H2,1H3. The monoisotopic (exact) mass is 338 g/mol. The van der Waals surface area contributed by atoms with Crippen molar-refractivity contribution >= 4 is 44.8 Å². The molecule has 7 heteroatoms. The number of fused-ring (bicyclic) bond motifs is 1. The maximum Gasteiger partial charge on any atom is 0.191 e. The van der Waals surface area contributed by atoms with Gasteiger partial charge in [-0.25, -0.2) is 0 Å². The molecule has 1 aromatic carbocycles. The van der Waals surface area contributed by atoms with Crippen LogP contribution in [0.1, 0.15) is 17.6 Å². The number of hydrogen-bond donors (Lipinski definition) is 1. The number of benzene rings is 1. The molecule has 0 aliphatic rings. The molecule has 110 valence electrons. The van der Waals surface area contributed by atoms with Gasteiger partial charge >= 0.3 is 0 Å². The lowest BCUT2D eigenvalue weighted by molar-refractivity contribution is 0.643. The zero-order chi connectivity index (χ0) is 14.8. The smallest absolute Gasteiger partial charge is 0.191 e. The fourth-order valence-corrected chi connectivity index (χ4v) is 4.86. The summed E-state index contributed by atoms with van der Waals surface area (Å²) in [4.78, 5) is 1.17. The first-order valence-corrected chi connectivity index (χ1v) is 8.83. The van der Waals surface area contributed by atoms with Gasteiger partial charge in [0.1, 0.15) is 5.82 Å². The van der Waals surface area contributed by atoms with Crippen LogP contribution in [0.2, 0.25) is 5.02 Å². The van der Waals surface area contributed by atoms with Crippen LogP contribution >= 0.6 is 34.7 Å². The van der Waals surface area contributed by atoms with E-state index in [9.17, 15) is 0 Å². The van der Waals surface area contributed by atoms with Crippen LogP contribution in [0, 0.1) is 0 Å². The Morgan fingerprint density at radius 3 is 2.86 bits per heavy atom. The molecule has 0 radical (unpaired) electrons. The lowest BCUT2D eigenvalue weighted by Gasteiger charge is -2.05. The van der Waals surface area contributed by atoms with Crippen molar-refractivity contribution in [2.75, 3.05) is 0 Å². The van der Waals surface area contributed by atoms with Crippen LogP contribution in [0.5, 0.6) is 0 Å². The highest BCUT2D eigenvalue weighted by Gasteiger charge is 2.14. The van der Waals surface area contributed by atoms with Gasteiger partial charge in [0.2, 0.25) is 0 Å². The van der Waals surface area contributed by atoms with Crippen molar-refractivity contribution in [1.82, 2.24) is 14.8 Å².